The topological polar surface area (TPSA) is 78.6 Å². The summed E-state index contributed by atoms with van der Waals surface area (Å²) in [4.78, 5) is 4.66. The van der Waals surface area contributed by atoms with Gasteiger partial charge in [0.2, 0.25) is 5.89 Å². The van der Waals surface area contributed by atoms with E-state index in [4.69, 9.17) is 18.7 Å². The summed E-state index contributed by atoms with van der Waals surface area (Å²) in [7, 11) is 4.96. The van der Waals surface area contributed by atoms with Crippen molar-refractivity contribution in [3.8, 4) is 11.5 Å². The average molecular weight is 347 g/mol. The highest BCUT2D eigenvalue weighted by Gasteiger charge is 2.39. The third-order valence-electron chi connectivity index (χ3n) is 4.71. The van der Waals surface area contributed by atoms with E-state index in [1.807, 2.05) is 18.2 Å². The second kappa shape index (κ2) is 7.84. The van der Waals surface area contributed by atoms with Crippen LogP contribution in [0.5, 0.6) is 11.5 Å². The lowest BCUT2D eigenvalue weighted by Crippen LogP contribution is -2.43. The Balaban J connectivity index is 1.79. The van der Waals surface area contributed by atoms with Gasteiger partial charge in [0.05, 0.1) is 26.2 Å². The van der Waals surface area contributed by atoms with E-state index in [0.717, 1.165) is 31.5 Å². The SMILES string of the molecule is COCC1(c2nc(Cc3ccc(OC)c(OC)c3)no2)CCNCC1. The first-order chi connectivity index (χ1) is 12.2. The summed E-state index contributed by atoms with van der Waals surface area (Å²) in [5, 5.41) is 7.54. The number of nitrogens with one attached hydrogen (secondary N) is 1. The van der Waals surface area contributed by atoms with E-state index in [9.17, 15) is 0 Å². The molecule has 0 saturated carbocycles. The highest BCUT2D eigenvalue weighted by molar-refractivity contribution is 5.43. The van der Waals surface area contributed by atoms with Gasteiger partial charge in [0.1, 0.15) is 0 Å². The Morgan fingerprint density at radius 3 is 2.56 bits per heavy atom. The number of methoxy groups -OCH3 is 3. The molecule has 0 radical (unpaired) electrons. The molecule has 1 aliphatic heterocycles. The number of piperidine rings is 1. The van der Waals surface area contributed by atoms with Gasteiger partial charge in [-0.1, -0.05) is 11.2 Å². The normalized spacial score (nSPS) is 16.6. The molecule has 136 valence electrons. The molecule has 2 aromatic rings. The van der Waals surface area contributed by atoms with Crippen LogP contribution in [0.4, 0.5) is 0 Å². The van der Waals surface area contributed by atoms with Gasteiger partial charge >= 0.3 is 0 Å². The van der Waals surface area contributed by atoms with Crippen molar-refractivity contribution in [1.29, 1.82) is 0 Å². The standard InChI is InChI=1S/C18H25N3O4/c1-22-12-18(6-8-19-9-7-18)17-20-16(21-25-17)11-13-4-5-14(23-2)15(10-13)24-3/h4-5,10,19H,6-9,11-12H2,1-3H3. The number of ether oxygens (including phenoxy) is 3. The molecule has 1 aliphatic rings. The fraction of sp³-hybridized carbons (Fsp3) is 0.556. The van der Waals surface area contributed by atoms with Gasteiger partial charge in [-0.15, -0.1) is 0 Å². The summed E-state index contributed by atoms with van der Waals surface area (Å²) in [6, 6.07) is 5.80. The molecule has 1 aromatic heterocycles. The largest absolute Gasteiger partial charge is 0.493 e. The van der Waals surface area contributed by atoms with Crippen molar-refractivity contribution in [3.63, 3.8) is 0 Å². The highest BCUT2D eigenvalue weighted by Crippen LogP contribution is 2.33. The minimum absolute atomic E-state index is 0.192. The Labute approximate surface area is 147 Å². The van der Waals surface area contributed by atoms with Crippen LogP contribution in [-0.4, -0.2) is 51.2 Å². The molecule has 0 spiro atoms. The second-order valence-corrected chi connectivity index (χ2v) is 6.35. The van der Waals surface area contributed by atoms with Crippen LogP contribution in [0.25, 0.3) is 0 Å². The smallest absolute Gasteiger partial charge is 0.235 e. The zero-order valence-corrected chi connectivity index (χ0v) is 15.0. The van der Waals surface area contributed by atoms with Crippen LogP contribution in [0.2, 0.25) is 0 Å². The number of rotatable bonds is 7. The lowest BCUT2D eigenvalue weighted by Gasteiger charge is -2.33. The van der Waals surface area contributed by atoms with Gasteiger partial charge in [0.15, 0.2) is 17.3 Å². The molecule has 1 aromatic carbocycles. The summed E-state index contributed by atoms with van der Waals surface area (Å²) in [6.07, 6.45) is 2.43. The molecule has 2 heterocycles. The first-order valence-electron chi connectivity index (χ1n) is 8.44. The van der Waals surface area contributed by atoms with Crippen molar-refractivity contribution in [2.75, 3.05) is 41.0 Å². The first-order valence-corrected chi connectivity index (χ1v) is 8.44. The van der Waals surface area contributed by atoms with Crippen molar-refractivity contribution >= 4 is 0 Å². The van der Waals surface area contributed by atoms with Crippen LogP contribution in [0, 0.1) is 0 Å². The van der Waals surface area contributed by atoms with Gasteiger partial charge < -0.3 is 24.1 Å². The van der Waals surface area contributed by atoms with Gasteiger partial charge in [0.25, 0.3) is 0 Å². The van der Waals surface area contributed by atoms with Crippen LogP contribution < -0.4 is 14.8 Å². The summed E-state index contributed by atoms with van der Waals surface area (Å²) in [6.45, 7) is 2.44. The Bertz CT molecular complexity index is 690. The van der Waals surface area contributed by atoms with Gasteiger partial charge in [-0.25, -0.2) is 0 Å². The third-order valence-corrected chi connectivity index (χ3v) is 4.71. The molecule has 0 aliphatic carbocycles. The van der Waals surface area contributed by atoms with Gasteiger partial charge in [-0.05, 0) is 43.6 Å². The van der Waals surface area contributed by atoms with E-state index in [-0.39, 0.29) is 5.41 Å². The van der Waals surface area contributed by atoms with Gasteiger partial charge in [-0.3, -0.25) is 0 Å². The Hall–Kier alpha value is -2.12. The number of nitrogens with zero attached hydrogens (tertiary/aromatic N) is 2. The lowest BCUT2D eigenvalue weighted by molar-refractivity contribution is 0.0849. The lowest BCUT2D eigenvalue weighted by atomic mass is 9.79. The molecular formula is C18H25N3O4. The summed E-state index contributed by atoms with van der Waals surface area (Å²) >= 11 is 0. The Morgan fingerprint density at radius 1 is 1.12 bits per heavy atom. The average Bonchev–Trinajstić information content (AvgIpc) is 3.12. The molecule has 1 saturated heterocycles. The second-order valence-electron chi connectivity index (χ2n) is 6.35. The molecule has 3 rings (SSSR count). The molecular weight excluding hydrogens is 322 g/mol. The molecule has 0 atom stereocenters. The maximum atomic E-state index is 5.61. The summed E-state index contributed by atoms with van der Waals surface area (Å²) in [5.41, 5.74) is 0.846. The molecule has 25 heavy (non-hydrogen) atoms. The van der Waals surface area contributed by atoms with E-state index in [1.54, 1.807) is 21.3 Å². The minimum Gasteiger partial charge on any atom is -0.493 e. The highest BCUT2D eigenvalue weighted by atomic mass is 16.5. The third kappa shape index (κ3) is 3.77. The molecule has 1 N–H and O–H groups in total. The molecule has 0 bridgehead atoms. The summed E-state index contributed by atoms with van der Waals surface area (Å²) < 4.78 is 21.7. The zero-order valence-electron chi connectivity index (χ0n) is 15.0. The molecule has 0 amide bonds. The summed E-state index contributed by atoms with van der Waals surface area (Å²) in [5.74, 6) is 2.73. The van der Waals surface area contributed by atoms with Crippen molar-refractivity contribution in [2.24, 2.45) is 0 Å². The van der Waals surface area contributed by atoms with E-state index in [1.165, 1.54) is 0 Å². The van der Waals surface area contributed by atoms with E-state index >= 15 is 0 Å². The monoisotopic (exact) mass is 347 g/mol. The Morgan fingerprint density at radius 2 is 1.88 bits per heavy atom. The van der Waals surface area contributed by atoms with Crippen molar-refractivity contribution in [3.05, 3.63) is 35.5 Å². The van der Waals surface area contributed by atoms with Crippen LogP contribution in [-0.2, 0) is 16.6 Å². The molecule has 0 unspecified atom stereocenters. The Kier molecular flexibility index (Phi) is 5.55. The van der Waals surface area contributed by atoms with E-state index < -0.39 is 0 Å². The fourth-order valence-corrected chi connectivity index (χ4v) is 3.32. The number of benzene rings is 1. The maximum absolute atomic E-state index is 5.61. The van der Waals surface area contributed by atoms with Crippen LogP contribution >= 0.6 is 0 Å². The van der Waals surface area contributed by atoms with E-state index in [2.05, 4.69) is 15.5 Å². The number of hydrogen-bond acceptors (Lipinski definition) is 7. The van der Waals surface area contributed by atoms with Gasteiger partial charge in [-0.2, -0.15) is 4.98 Å². The molecule has 1 fully saturated rings. The maximum Gasteiger partial charge on any atom is 0.235 e. The molecule has 7 heteroatoms. The quantitative estimate of drug-likeness (QED) is 0.820. The fourth-order valence-electron chi connectivity index (χ4n) is 3.32. The van der Waals surface area contributed by atoms with Crippen LogP contribution in [0.1, 0.15) is 30.1 Å². The molecule has 7 nitrogen and oxygen atoms in total. The number of hydrogen-bond donors (Lipinski definition) is 1. The predicted molar refractivity (Wildman–Crippen MR) is 92.3 cm³/mol. The van der Waals surface area contributed by atoms with Crippen molar-refractivity contribution < 1.29 is 18.7 Å². The number of aromatic nitrogens is 2. The van der Waals surface area contributed by atoms with Crippen LogP contribution in [0.15, 0.2) is 22.7 Å². The zero-order chi connectivity index (χ0) is 17.7. The van der Waals surface area contributed by atoms with Crippen LogP contribution in [0.3, 0.4) is 0 Å². The van der Waals surface area contributed by atoms with Gasteiger partial charge in [0, 0.05) is 13.5 Å². The predicted octanol–water partition coefficient (Wildman–Crippen LogP) is 1.95. The van der Waals surface area contributed by atoms with Crippen molar-refractivity contribution in [2.45, 2.75) is 24.7 Å². The van der Waals surface area contributed by atoms with Crippen molar-refractivity contribution in [1.82, 2.24) is 15.5 Å². The minimum atomic E-state index is -0.192. The first kappa shape index (κ1) is 17.7. The van der Waals surface area contributed by atoms with E-state index in [0.29, 0.717) is 36.2 Å².